The molecule has 0 aliphatic heterocycles. The van der Waals surface area contributed by atoms with E-state index in [-0.39, 0.29) is 0 Å². The summed E-state index contributed by atoms with van der Waals surface area (Å²) in [5.74, 6) is 0. The van der Waals surface area contributed by atoms with E-state index < -0.39 is 0 Å². The molecule has 362 valence electrons. The van der Waals surface area contributed by atoms with Gasteiger partial charge in [-0.1, -0.05) is 237 Å². The Labute approximate surface area is 454 Å². The summed E-state index contributed by atoms with van der Waals surface area (Å²) in [6.45, 7) is 7.65. The lowest BCUT2D eigenvalue weighted by Gasteiger charge is -2.22. The van der Waals surface area contributed by atoms with E-state index in [9.17, 15) is 0 Å². The lowest BCUT2D eigenvalue weighted by Crippen LogP contribution is -1.95. The Balaban J connectivity index is 0.964. The van der Waals surface area contributed by atoms with E-state index >= 15 is 0 Å². The van der Waals surface area contributed by atoms with Gasteiger partial charge in [-0.25, -0.2) is 4.85 Å². The van der Waals surface area contributed by atoms with E-state index in [4.69, 9.17) is 6.57 Å². The Hall–Kier alpha value is -10.6. The maximum Gasteiger partial charge on any atom is 0.187 e. The number of hydrogen-bond acceptors (Lipinski definition) is 0. The topological polar surface area (TPSA) is 9.29 Å². The molecular weight excluding hydrogens is 953 g/mol. The number of rotatable bonds is 4. The van der Waals surface area contributed by atoms with Crippen molar-refractivity contribution in [3.05, 3.63) is 278 Å². The maximum absolute atomic E-state index is 7.65. The first-order chi connectivity index (χ1) is 39.2. The fraction of sp³-hybridized carbons (Fsp3) is 0. The van der Waals surface area contributed by atoms with Crippen molar-refractivity contribution in [3.8, 4) is 39.1 Å². The summed E-state index contributed by atoms with van der Waals surface area (Å²) in [4.78, 5) is 3.71. The molecule has 0 atom stereocenters. The largest absolute Gasteiger partial charge is 0.309 e. The van der Waals surface area contributed by atoms with Crippen LogP contribution >= 0.6 is 0 Å². The molecule has 0 saturated heterocycles. The van der Waals surface area contributed by atoms with Gasteiger partial charge in [0.15, 0.2) is 5.69 Å². The van der Waals surface area contributed by atoms with Crippen molar-refractivity contribution < 1.29 is 0 Å². The van der Waals surface area contributed by atoms with E-state index in [1.165, 1.54) is 157 Å². The van der Waals surface area contributed by atoms with Crippen LogP contribution in [0.1, 0.15) is 0 Å². The summed E-state index contributed by atoms with van der Waals surface area (Å²) in [5, 5.41) is 27.2. The van der Waals surface area contributed by atoms with Crippen molar-refractivity contribution in [1.82, 2.24) is 4.57 Å². The van der Waals surface area contributed by atoms with Crippen LogP contribution in [0.3, 0.4) is 0 Å². The predicted molar refractivity (Wildman–Crippen MR) is 338 cm³/mol. The maximum atomic E-state index is 7.65. The van der Waals surface area contributed by atoms with E-state index in [0.29, 0.717) is 5.69 Å². The van der Waals surface area contributed by atoms with E-state index in [0.717, 1.165) is 11.3 Å². The molecule has 0 N–H and O–H groups in total. The summed E-state index contributed by atoms with van der Waals surface area (Å²) in [6, 6.07) is 98.8. The molecule has 0 radical (unpaired) electrons. The molecule has 0 unspecified atom stereocenters. The van der Waals surface area contributed by atoms with Crippen molar-refractivity contribution in [2.45, 2.75) is 0 Å². The van der Waals surface area contributed by atoms with Gasteiger partial charge in [-0.05, 0) is 161 Å². The number of fused-ring (bicyclic) bond motifs is 20. The molecule has 0 amide bonds. The minimum absolute atomic E-state index is 0.640. The number of aromatic nitrogens is 1. The van der Waals surface area contributed by atoms with Gasteiger partial charge in [0.2, 0.25) is 0 Å². The minimum Gasteiger partial charge on any atom is -0.309 e. The van der Waals surface area contributed by atoms with Gasteiger partial charge in [0, 0.05) is 27.2 Å². The zero-order valence-electron chi connectivity index (χ0n) is 42.8. The van der Waals surface area contributed by atoms with E-state index in [2.05, 4.69) is 264 Å². The number of para-hydroxylation sites is 1. The predicted octanol–water partition coefficient (Wildman–Crippen LogP) is 21.9. The third-order valence-electron chi connectivity index (χ3n) is 17.3. The second-order valence-corrected chi connectivity index (χ2v) is 21.2. The first kappa shape index (κ1) is 43.6. The number of nitrogens with zero attached hydrogens (tertiary/aromatic N) is 2. The standard InChI is InChI=1S/C77H44N2/c1-78-49-39-35-47(36-40-49)71-56-26-10-14-30-60(56)74(61-31-15-11-27-57(61)71)75-62-32-16-12-28-58(62)72(59-29-13-17-33-63(59)75)48-38-41-55-66(43-48)52-23-7-8-24-53(52)67-44-69-70(45-68(55)67)79(50-20-3-2-4-21-50)77-65-34-18-9-25-54(65)64-42-37-46-19-5-6-22-51(46)73(64)76(69)77/h2-45H. The van der Waals surface area contributed by atoms with Crippen molar-refractivity contribution >= 4 is 135 Å². The minimum atomic E-state index is 0.640. The summed E-state index contributed by atoms with van der Waals surface area (Å²) in [5.41, 5.74) is 11.4. The van der Waals surface area contributed by atoms with Gasteiger partial charge >= 0.3 is 0 Å². The Morgan fingerprint density at radius 3 is 1.22 bits per heavy atom. The van der Waals surface area contributed by atoms with Crippen molar-refractivity contribution in [1.29, 1.82) is 0 Å². The van der Waals surface area contributed by atoms with Crippen molar-refractivity contribution in [3.63, 3.8) is 0 Å². The first-order valence-corrected chi connectivity index (χ1v) is 27.2. The highest BCUT2D eigenvalue weighted by Gasteiger charge is 2.25. The van der Waals surface area contributed by atoms with Crippen LogP contribution in [-0.2, 0) is 0 Å². The van der Waals surface area contributed by atoms with Gasteiger partial charge < -0.3 is 4.57 Å². The number of benzene rings is 16. The lowest BCUT2D eigenvalue weighted by atomic mass is 9.81. The van der Waals surface area contributed by atoms with Gasteiger partial charge in [-0.2, -0.15) is 0 Å². The van der Waals surface area contributed by atoms with Crippen LogP contribution in [0.15, 0.2) is 267 Å². The lowest BCUT2D eigenvalue weighted by molar-refractivity contribution is 1.19. The van der Waals surface area contributed by atoms with Crippen LogP contribution in [-0.4, -0.2) is 4.57 Å². The highest BCUT2D eigenvalue weighted by atomic mass is 15.0. The monoisotopic (exact) mass is 996 g/mol. The zero-order chi connectivity index (χ0) is 51.9. The molecule has 0 aliphatic carbocycles. The molecule has 0 saturated carbocycles. The molecule has 0 spiro atoms. The average molecular weight is 997 g/mol. The van der Waals surface area contributed by atoms with Crippen LogP contribution in [0, 0.1) is 6.57 Å². The van der Waals surface area contributed by atoms with E-state index in [1.807, 2.05) is 12.1 Å². The van der Waals surface area contributed by atoms with Crippen molar-refractivity contribution in [2.75, 3.05) is 0 Å². The fourth-order valence-electron chi connectivity index (χ4n) is 14.1. The van der Waals surface area contributed by atoms with Crippen LogP contribution in [0.2, 0.25) is 0 Å². The van der Waals surface area contributed by atoms with Crippen LogP contribution < -0.4 is 0 Å². The molecule has 16 aromatic carbocycles. The second-order valence-electron chi connectivity index (χ2n) is 21.2. The molecule has 17 rings (SSSR count). The van der Waals surface area contributed by atoms with E-state index in [1.54, 1.807) is 0 Å². The fourth-order valence-corrected chi connectivity index (χ4v) is 14.1. The molecule has 1 heterocycles. The quantitative estimate of drug-likeness (QED) is 0.0944. The molecule has 17 aromatic rings. The van der Waals surface area contributed by atoms with Gasteiger partial charge in [0.25, 0.3) is 0 Å². The van der Waals surface area contributed by atoms with Crippen LogP contribution in [0.4, 0.5) is 5.69 Å². The van der Waals surface area contributed by atoms with Gasteiger partial charge in [0.1, 0.15) is 0 Å². The van der Waals surface area contributed by atoms with Crippen molar-refractivity contribution in [2.24, 2.45) is 0 Å². The Morgan fingerprint density at radius 2 is 0.658 bits per heavy atom. The Bertz CT molecular complexity index is 5430. The van der Waals surface area contributed by atoms with Crippen LogP contribution in [0.25, 0.3) is 173 Å². The van der Waals surface area contributed by atoms with Gasteiger partial charge in [-0.3, -0.25) is 0 Å². The molecule has 2 nitrogen and oxygen atoms in total. The zero-order valence-corrected chi connectivity index (χ0v) is 42.8. The Morgan fingerprint density at radius 1 is 0.253 bits per heavy atom. The van der Waals surface area contributed by atoms with Crippen LogP contribution in [0.5, 0.6) is 0 Å². The highest BCUT2D eigenvalue weighted by Crippen LogP contribution is 2.52. The number of hydrogen-bond donors (Lipinski definition) is 0. The summed E-state index contributed by atoms with van der Waals surface area (Å²) in [6.07, 6.45) is 0. The molecule has 0 bridgehead atoms. The summed E-state index contributed by atoms with van der Waals surface area (Å²) in [7, 11) is 0. The summed E-state index contributed by atoms with van der Waals surface area (Å²) < 4.78 is 2.54. The smallest absolute Gasteiger partial charge is 0.187 e. The normalized spacial score (nSPS) is 12.0. The molecule has 0 fully saturated rings. The third-order valence-corrected chi connectivity index (χ3v) is 17.3. The molecule has 0 aliphatic rings. The molecule has 79 heavy (non-hydrogen) atoms. The molecular formula is C77H44N2. The molecule has 2 heteroatoms. The summed E-state index contributed by atoms with van der Waals surface area (Å²) >= 11 is 0. The van der Waals surface area contributed by atoms with Gasteiger partial charge in [0.05, 0.1) is 17.6 Å². The Kier molecular flexibility index (Phi) is 9.23. The highest BCUT2D eigenvalue weighted by molar-refractivity contribution is 6.39. The third kappa shape index (κ3) is 6.16. The average Bonchev–Trinajstić information content (AvgIpc) is 3.60. The second kappa shape index (κ2) is 16.7. The SMILES string of the molecule is [C-]#[N+]c1ccc(-c2c3ccccc3c(-c3c4ccccc4c(-c4ccc5c(c4)c4ccccc4c4cc6c7c8c9ccccc9ccc8c8ccccc8c7n(-c7ccccc7)c6cc54)c4ccccc34)c3ccccc23)cc1. The first-order valence-electron chi connectivity index (χ1n) is 27.2. The molecule has 1 aromatic heterocycles. The van der Waals surface area contributed by atoms with Gasteiger partial charge in [-0.15, -0.1) is 0 Å².